The molecular formula is C18H21BrN2O. The van der Waals surface area contributed by atoms with E-state index in [-0.39, 0.29) is 0 Å². The summed E-state index contributed by atoms with van der Waals surface area (Å²) in [6, 6.07) is 18.5. The first-order chi connectivity index (χ1) is 10.7. The van der Waals surface area contributed by atoms with Crippen molar-refractivity contribution < 1.29 is 5.11 Å². The van der Waals surface area contributed by atoms with Crippen LogP contribution in [0, 0.1) is 0 Å². The van der Waals surface area contributed by atoms with Gasteiger partial charge in [0, 0.05) is 42.9 Å². The summed E-state index contributed by atoms with van der Waals surface area (Å²) in [6.45, 7) is 4.70. The van der Waals surface area contributed by atoms with E-state index < -0.39 is 6.10 Å². The number of rotatable bonds is 4. The van der Waals surface area contributed by atoms with Gasteiger partial charge in [-0.05, 0) is 29.8 Å². The van der Waals surface area contributed by atoms with Crippen LogP contribution >= 0.6 is 15.9 Å². The summed E-state index contributed by atoms with van der Waals surface area (Å²) in [5.74, 6) is 0. The number of aliphatic hydroxyl groups excluding tert-OH is 1. The molecule has 3 rings (SSSR count). The molecule has 0 saturated carbocycles. The van der Waals surface area contributed by atoms with E-state index in [9.17, 15) is 5.11 Å². The average molecular weight is 361 g/mol. The lowest BCUT2D eigenvalue weighted by Crippen LogP contribution is -2.47. The second kappa shape index (κ2) is 7.27. The van der Waals surface area contributed by atoms with E-state index in [1.54, 1.807) is 0 Å². The van der Waals surface area contributed by atoms with Gasteiger partial charge in [0.1, 0.15) is 0 Å². The third-order valence-corrected chi connectivity index (χ3v) is 4.71. The van der Waals surface area contributed by atoms with Crippen molar-refractivity contribution in [3.63, 3.8) is 0 Å². The summed E-state index contributed by atoms with van der Waals surface area (Å²) < 4.78 is 1.04. The largest absolute Gasteiger partial charge is 0.387 e. The summed E-state index contributed by atoms with van der Waals surface area (Å²) in [5.41, 5.74) is 2.27. The molecule has 4 heteroatoms. The molecule has 0 aliphatic carbocycles. The molecule has 2 aromatic carbocycles. The lowest BCUT2D eigenvalue weighted by atomic mass is 10.1. The third kappa shape index (κ3) is 3.88. The minimum Gasteiger partial charge on any atom is -0.387 e. The zero-order chi connectivity index (χ0) is 15.4. The van der Waals surface area contributed by atoms with E-state index in [0.29, 0.717) is 6.54 Å². The first-order valence-electron chi connectivity index (χ1n) is 7.68. The smallest absolute Gasteiger partial charge is 0.0916 e. The maximum atomic E-state index is 10.4. The Bertz CT molecular complexity index is 580. The predicted octanol–water partition coefficient (Wildman–Crippen LogP) is 3.30. The Morgan fingerprint density at radius 1 is 0.909 bits per heavy atom. The molecule has 1 heterocycles. The maximum absolute atomic E-state index is 10.4. The molecule has 0 radical (unpaired) electrons. The molecule has 1 aliphatic heterocycles. The molecule has 0 unspecified atom stereocenters. The van der Waals surface area contributed by atoms with Gasteiger partial charge in [0.05, 0.1) is 6.10 Å². The van der Waals surface area contributed by atoms with Gasteiger partial charge in [0.2, 0.25) is 0 Å². The van der Waals surface area contributed by atoms with Crippen LogP contribution in [-0.2, 0) is 0 Å². The van der Waals surface area contributed by atoms with Gasteiger partial charge in [0.15, 0.2) is 0 Å². The van der Waals surface area contributed by atoms with E-state index in [0.717, 1.165) is 36.2 Å². The van der Waals surface area contributed by atoms with E-state index in [1.807, 2.05) is 30.3 Å². The summed E-state index contributed by atoms with van der Waals surface area (Å²) >= 11 is 3.42. The van der Waals surface area contributed by atoms with Gasteiger partial charge in [-0.3, -0.25) is 4.90 Å². The number of piperazine rings is 1. The Morgan fingerprint density at radius 2 is 1.55 bits per heavy atom. The Balaban J connectivity index is 1.52. The fourth-order valence-corrected chi connectivity index (χ4v) is 3.13. The first kappa shape index (κ1) is 15.5. The number of hydrogen-bond acceptors (Lipinski definition) is 3. The Morgan fingerprint density at radius 3 is 2.18 bits per heavy atom. The van der Waals surface area contributed by atoms with Gasteiger partial charge in [-0.15, -0.1) is 0 Å². The summed E-state index contributed by atoms with van der Waals surface area (Å²) in [7, 11) is 0. The van der Waals surface area contributed by atoms with Gasteiger partial charge < -0.3 is 10.0 Å². The van der Waals surface area contributed by atoms with Crippen LogP contribution in [0.1, 0.15) is 11.7 Å². The van der Waals surface area contributed by atoms with Crippen molar-refractivity contribution >= 4 is 21.6 Å². The van der Waals surface area contributed by atoms with Gasteiger partial charge >= 0.3 is 0 Å². The third-order valence-electron chi connectivity index (χ3n) is 4.18. The zero-order valence-electron chi connectivity index (χ0n) is 12.5. The minimum absolute atomic E-state index is 0.420. The van der Waals surface area contributed by atoms with Crippen molar-refractivity contribution in [3.8, 4) is 0 Å². The highest BCUT2D eigenvalue weighted by Gasteiger charge is 2.20. The highest BCUT2D eigenvalue weighted by molar-refractivity contribution is 9.10. The Kier molecular flexibility index (Phi) is 5.13. The van der Waals surface area contributed by atoms with Crippen LogP contribution in [0.4, 0.5) is 5.69 Å². The van der Waals surface area contributed by atoms with Crippen molar-refractivity contribution in [3.05, 3.63) is 64.6 Å². The molecule has 1 saturated heterocycles. The van der Waals surface area contributed by atoms with E-state index in [4.69, 9.17) is 0 Å². The zero-order valence-corrected chi connectivity index (χ0v) is 14.1. The predicted molar refractivity (Wildman–Crippen MR) is 94.2 cm³/mol. The van der Waals surface area contributed by atoms with Crippen molar-refractivity contribution in [2.45, 2.75) is 6.10 Å². The van der Waals surface area contributed by atoms with Crippen LogP contribution in [-0.4, -0.2) is 42.7 Å². The summed E-state index contributed by atoms with van der Waals surface area (Å²) in [5, 5.41) is 10.4. The van der Waals surface area contributed by atoms with Crippen LogP contribution in [0.15, 0.2) is 59.1 Å². The van der Waals surface area contributed by atoms with Gasteiger partial charge in [-0.2, -0.15) is 0 Å². The monoisotopic (exact) mass is 360 g/mol. The molecule has 0 amide bonds. The molecule has 116 valence electrons. The standard InChI is InChI=1S/C18H21BrN2O/c19-16-8-6-15(7-9-16)18(22)14-20-10-12-21(13-11-20)17-4-2-1-3-5-17/h1-9,18,22H,10-14H2/t18-/m0/s1. The number of para-hydroxylation sites is 1. The fraction of sp³-hybridized carbons (Fsp3) is 0.333. The molecule has 0 spiro atoms. The lowest BCUT2D eigenvalue weighted by molar-refractivity contribution is 0.109. The topological polar surface area (TPSA) is 26.7 Å². The molecule has 0 bridgehead atoms. The van der Waals surface area contributed by atoms with E-state index in [1.165, 1.54) is 5.69 Å². The van der Waals surface area contributed by atoms with Crippen LogP contribution in [0.5, 0.6) is 0 Å². The SMILES string of the molecule is O[C@@H](CN1CCN(c2ccccc2)CC1)c1ccc(Br)cc1. The van der Waals surface area contributed by atoms with Crippen LogP contribution in [0.25, 0.3) is 0 Å². The van der Waals surface area contributed by atoms with Gasteiger partial charge in [0.25, 0.3) is 0 Å². The Labute approximate surface area is 140 Å². The fourth-order valence-electron chi connectivity index (χ4n) is 2.86. The molecule has 2 aromatic rings. The second-order valence-corrected chi connectivity index (χ2v) is 6.61. The molecule has 1 N–H and O–H groups in total. The molecule has 0 aromatic heterocycles. The van der Waals surface area contributed by atoms with Crippen LogP contribution in [0.3, 0.4) is 0 Å². The number of β-amino-alcohol motifs (C(OH)–C–C–N with tert-alkyl or cyclic N) is 1. The number of halogens is 1. The highest BCUT2D eigenvalue weighted by atomic mass is 79.9. The van der Waals surface area contributed by atoms with Crippen molar-refractivity contribution in [1.82, 2.24) is 4.90 Å². The Hall–Kier alpha value is -1.36. The average Bonchev–Trinajstić information content (AvgIpc) is 2.57. The molecule has 22 heavy (non-hydrogen) atoms. The van der Waals surface area contributed by atoms with Crippen molar-refractivity contribution in [1.29, 1.82) is 0 Å². The van der Waals surface area contributed by atoms with Crippen LogP contribution < -0.4 is 4.90 Å². The number of benzene rings is 2. The van der Waals surface area contributed by atoms with E-state index in [2.05, 4.69) is 50.0 Å². The molecule has 1 fully saturated rings. The normalized spacial score (nSPS) is 17.5. The number of anilines is 1. The molecule has 1 atom stereocenters. The maximum Gasteiger partial charge on any atom is 0.0916 e. The minimum atomic E-state index is -0.420. The number of nitrogens with zero attached hydrogens (tertiary/aromatic N) is 2. The molecular weight excluding hydrogens is 340 g/mol. The second-order valence-electron chi connectivity index (χ2n) is 5.69. The van der Waals surface area contributed by atoms with Crippen LogP contribution in [0.2, 0.25) is 0 Å². The quantitative estimate of drug-likeness (QED) is 0.905. The lowest BCUT2D eigenvalue weighted by Gasteiger charge is -2.37. The van der Waals surface area contributed by atoms with Gasteiger partial charge in [-0.25, -0.2) is 0 Å². The van der Waals surface area contributed by atoms with Crippen molar-refractivity contribution in [2.75, 3.05) is 37.6 Å². The molecule has 1 aliphatic rings. The first-order valence-corrected chi connectivity index (χ1v) is 8.47. The number of aliphatic hydroxyl groups is 1. The summed E-state index contributed by atoms with van der Waals surface area (Å²) in [4.78, 5) is 4.74. The van der Waals surface area contributed by atoms with Gasteiger partial charge in [-0.1, -0.05) is 46.3 Å². The van der Waals surface area contributed by atoms with E-state index >= 15 is 0 Å². The number of hydrogen-bond donors (Lipinski definition) is 1. The molecule has 3 nitrogen and oxygen atoms in total. The summed E-state index contributed by atoms with van der Waals surface area (Å²) in [6.07, 6.45) is -0.420. The van der Waals surface area contributed by atoms with Crippen molar-refractivity contribution in [2.24, 2.45) is 0 Å². The highest BCUT2D eigenvalue weighted by Crippen LogP contribution is 2.20.